The number of benzene rings is 2. The predicted octanol–water partition coefficient (Wildman–Crippen LogP) is 4.38. The maximum atomic E-state index is 12.3. The molecule has 0 aliphatic carbocycles. The molecule has 0 saturated heterocycles. The van der Waals surface area contributed by atoms with Crippen LogP contribution in [0.25, 0.3) is 5.69 Å². The van der Waals surface area contributed by atoms with E-state index >= 15 is 0 Å². The molecule has 162 valence electrons. The van der Waals surface area contributed by atoms with E-state index in [-0.39, 0.29) is 24.0 Å². The maximum Gasteiger partial charge on any atom is 0.291 e. The molecule has 0 spiro atoms. The lowest BCUT2D eigenvalue weighted by Gasteiger charge is -2.07. The Hall–Kier alpha value is -3.65. The van der Waals surface area contributed by atoms with E-state index in [4.69, 9.17) is 4.42 Å². The first-order chi connectivity index (χ1) is 15.6. The van der Waals surface area contributed by atoms with Gasteiger partial charge in [0.15, 0.2) is 10.4 Å². The highest BCUT2D eigenvalue weighted by atomic mass is 79.9. The van der Waals surface area contributed by atoms with E-state index in [0.717, 1.165) is 16.9 Å². The van der Waals surface area contributed by atoms with Gasteiger partial charge in [-0.1, -0.05) is 30.3 Å². The summed E-state index contributed by atoms with van der Waals surface area (Å²) >= 11 is 3.17. The quantitative estimate of drug-likeness (QED) is 0.381. The average Bonchev–Trinajstić information content (AvgIpc) is 3.45. The minimum atomic E-state index is -0.337. The zero-order valence-corrected chi connectivity index (χ0v) is 18.7. The molecule has 2 amide bonds. The minimum Gasteiger partial charge on any atom is -0.444 e. The molecule has 2 heterocycles. The normalized spacial score (nSPS) is 10.7. The maximum absolute atomic E-state index is 12.3. The van der Waals surface area contributed by atoms with Crippen molar-refractivity contribution >= 4 is 33.4 Å². The van der Waals surface area contributed by atoms with Crippen molar-refractivity contribution in [1.82, 2.24) is 15.1 Å². The summed E-state index contributed by atoms with van der Waals surface area (Å²) in [6, 6.07) is 22.2. The molecule has 4 aromatic rings. The molecule has 0 atom stereocenters. The fourth-order valence-corrected chi connectivity index (χ4v) is 3.44. The smallest absolute Gasteiger partial charge is 0.291 e. The van der Waals surface area contributed by atoms with E-state index < -0.39 is 0 Å². The summed E-state index contributed by atoms with van der Waals surface area (Å²) in [4.78, 5) is 24.4. The third kappa shape index (κ3) is 5.73. The molecule has 0 fully saturated rings. The molecule has 0 aliphatic heterocycles. The van der Waals surface area contributed by atoms with Crippen molar-refractivity contribution in [3.05, 3.63) is 101 Å². The lowest BCUT2D eigenvalue weighted by Crippen LogP contribution is -2.27. The van der Waals surface area contributed by atoms with Gasteiger partial charge in [-0.25, -0.2) is 4.68 Å². The first-order valence-corrected chi connectivity index (χ1v) is 10.9. The SMILES string of the molecule is O=C(Cc1ccc(NC(=O)c2ccc(Br)o2)cc1)NCCc1ccn(-c2ccccc2)n1. The van der Waals surface area contributed by atoms with Crippen LogP contribution in [0.4, 0.5) is 5.69 Å². The zero-order valence-electron chi connectivity index (χ0n) is 17.1. The van der Waals surface area contributed by atoms with Gasteiger partial charge >= 0.3 is 0 Å². The molecule has 0 radical (unpaired) electrons. The van der Waals surface area contributed by atoms with Gasteiger partial charge in [0.1, 0.15) is 0 Å². The topological polar surface area (TPSA) is 89.2 Å². The van der Waals surface area contributed by atoms with Crippen molar-refractivity contribution < 1.29 is 14.0 Å². The molecule has 2 aromatic carbocycles. The molecule has 2 aromatic heterocycles. The van der Waals surface area contributed by atoms with Crippen molar-refractivity contribution in [2.24, 2.45) is 0 Å². The lowest BCUT2D eigenvalue weighted by atomic mass is 10.1. The summed E-state index contributed by atoms with van der Waals surface area (Å²) in [5, 5.41) is 10.2. The van der Waals surface area contributed by atoms with Crippen LogP contribution in [0.3, 0.4) is 0 Å². The van der Waals surface area contributed by atoms with E-state index in [1.807, 2.05) is 59.4 Å². The number of anilines is 1. The minimum absolute atomic E-state index is 0.0651. The standard InChI is InChI=1S/C24H21BrN4O3/c25-22-11-10-21(32-22)24(31)27-18-8-6-17(7-9-18)16-23(30)26-14-12-19-13-15-29(28-19)20-4-2-1-3-5-20/h1-11,13,15H,12,14,16H2,(H,26,30)(H,27,31). The highest BCUT2D eigenvalue weighted by Crippen LogP contribution is 2.16. The molecule has 8 heteroatoms. The fraction of sp³-hybridized carbons (Fsp3) is 0.125. The molecular formula is C24H21BrN4O3. The molecule has 4 rings (SSSR count). The number of furan rings is 1. The molecule has 0 bridgehead atoms. The lowest BCUT2D eigenvalue weighted by molar-refractivity contribution is -0.120. The zero-order chi connectivity index (χ0) is 22.3. The van der Waals surface area contributed by atoms with Gasteiger partial charge in [-0.2, -0.15) is 5.10 Å². The van der Waals surface area contributed by atoms with Gasteiger partial charge in [0.2, 0.25) is 5.91 Å². The number of hydrogen-bond donors (Lipinski definition) is 2. The number of rotatable bonds is 8. The molecule has 32 heavy (non-hydrogen) atoms. The summed E-state index contributed by atoms with van der Waals surface area (Å²) in [5.41, 5.74) is 3.40. The Balaban J connectivity index is 1.22. The number of halogens is 1. The molecule has 7 nitrogen and oxygen atoms in total. The van der Waals surface area contributed by atoms with Gasteiger partial charge in [0, 0.05) is 24.8 Å². The Morgan fingerprint density at radius 1 is 0.969 bits per heavy atom. The highest BCUT2D eigenvalue weighted by molar-refractivity contribution is 9.10. The van der Waals surface area contributed by atoms with Gasteiger partial charge in [-0.3, -0.25) is 9.59 Å². The van der Waals surface area contributed by atoms with E-state index in [9.17, 15) is 9.59 Å². The van der Waals surface area contributed by atoms with Crippen LogP contribution in [-0.4, -0.2) is 28.1 Å². The summed E-state index contributed by atoms with van der Waals surface area (Å²) in [5.74, 6) is -0.186. The number of carbonyl (C=O) groups excluding carboxylic acids is 2. The van der Waals surface area contributed by atoms with Crippen LogP contribution < -0.4 is 10.6 Å². The van der Waals surface area contributed by atoms with Gasteiger partial charge < -0.3 is 15.1 Å². The van der Waals surface area contributed by atoms with Crippen molar-refractivity contribution in [2.45, 2.75) is 12.8 Å². The van der Waals surface area contributed by atoms with Crippen LogP contribution in [-0.2, 0) is 17.6 Å². The molecule has 0 unspecified atom stereocenters. The fourth-order valence-electron chi connectivity index (χ4n) is 3.13. The number of nitrogens with one attached hydrogen (secondary N) is 2. The summed E-state index contributed by atoms with van der Waals surface area (Å²) in [6.45, 7) is 0.511. The number of amides is 2. The largest absolute Gasteiger partial charge is 0.444 e. The Morgan fingerprint density at radius 3 is 2.47 bits per heavy atom. The molecule has 0 saturated carbocycles. The summed E-state index contributed by atoms with van der Waals surface area (Å²) < 4.78 is 7.55. The van der Waals surface area contributed by atoms with Crippen molar-refractivity contribution in [1.29, 1.82) is 0 Å². The first kappa shape index (κ1) is 21.6. The van der Waals surface area contributed by atoms with Crippen LogP contribution in [0.15, 0.2) is 88.1 Å². The number of aromatic nitrogens is 2. The van der Waals surface area contributed by atoms with Gasteiger partial charge in [-0.15, -0.1) is 0 Å². The van der Waals surface area contributed by atoms with E-state index in [2.05, 4.69) is 31.7 Å². The van der Waals surface area contributed by atoms with Gasteiger partial charge in [0.25, 0.3) is 5.91 Å². The second-order valence-electron chi connectivity index (χ2n) is 7.12. The highest BCUT2D eigenvalue weighted by Gasteiger charge is 2.11. The number of hydrogen-bond acceptors (Lipinski definition) is 4. The molecule has 0 aliphatic rings. The van der Waals surface area contributed by atoms with Gasteiger partial charge in [-0.05, 0) is 64.0 Å². The van der Waals surface area contributed by atoms with Crippen LogP contribution in [0.5, 0.6) is 0 Å². The second kappa shape index (κ2) is 10.1. The monoisotopic (exact) mass is 492 g/mol. The van der Waals surface area contributed by atoms with Crippen molar-refractivity contribution in [3.8, 4) is 5.69 Å². The number of para-hydroxylation sites is 1. The number of nitrogens with zero attached hydrogens (tertiary/aromatic N) is 2. The number of carbonyl (C=O) groups is 2. The van der Waals surface area contributed by atoms with Crippen molar-refractivity contribution in [2.75, 3.05) is 11.9 Å². The van der Waals surface area contributed by atoms with E-state index in [1.165, 1.54) is 0 Å². The van der Waals surface area contributed by atoms with Crippen molar-refractivity contribution in [3.63, 3.8) is 0 Å². The Bertz CT molecular complexity index is 1200. The van der Waals surface area contributed by atoms with E-state index in [0.29, 0.717) is 23.3 Å². The average molecular weight is 493 g/mol. The second-order valence-corrected chi connectivity index (χ2v) is 7.90. The third-order valence-electron chi connectivity index (χ3n) is 4.74. The third-order valence-corrected chi connectivity index (χ3v) is 5.17. The summed E-state index contributed by atoms with van der Waals surface area (Å²) in [7, 11) is 0. The summed E-state index contributed by atoms with van der Waals surface area (Å²) in [6.07, 6.45) is 2.83. The Labute approximate surface area is 193 Å². The van der Waals surface area contributed by atoms with Crippen LogP contribution >= 0.6 is 15.9 Å². The first-order valence-electron chi connectivity index (χ1n) is 10.1. The molecule has 2 N–H and O–H groups in total. The van der Waals surface area contributed by atoms with Gasteiger partial charge in [0.05, 0.1) is 17.8 Å². The van der Waals surface area contributed by atoms with Crippen LogP contribution in [0, 0.1) is 0 Å². The van der Waals surface area contributed by atoms with E-state index in [1.54, 1.807) is 24.3 Å². The Morgan fingerprint density at radius 2 is 1.75 bits per heavy atom. The Kier molecular flexibility index (Phi) is 6.81. The van der Waals surface area contributed by atoms with Crippen LogP contribution in [0.2, 0.25) is 0 Å². The van der Waals surface area contributed by atoms with Crippen LogP contribution in [0.1, 0.15) is 21.8 Å². The molecular weight excluding hydrogens is 472 g/mol. The predicted molar refractivity (Wildman–Crippen MR) is 125 cm³/mol.